The molecule has 20 heavy (non-hydrogen) atoms. The molecule has 4 nitrogen and oxygen atoms in total. The molecule has 0 aliphatic rings. The molecular formula is C16H17NO3. The molecule has 0 radical (unpaired) electrons. The van der Waals surface area contributed by atoms with Gasteiger partial charge in [-0.25, -0.2) is 0 Å². The Morgan fingerprint density at radius 2 is 2.00 bits per heavy atom. The van der Waals surface area contributed by atoms with Crippen LogP contribution in [0, 0.1) is 6.92 Å². The van der Waals surface area contributed by atoms with Crippen molar-refractivity contribution in [1.82, 2.24) is 0 Å². The molecule has 2 aromatic carbocycles. The zero-order valence-corrected chi connectivity index (χ0v) is 11.5. The number of methoxy groups -OCH3 is 1. The lowest BCUT2D eigenvalue weighted by Crippen LogP contribution is -2.15. The fourth-order valence-corrected chi connectivity index (χ4v) is 1.92. The molecule has 2 aromatic rings. The smallest absolute Gasteiger partial charge is 0.228 e. The summed E-state index contributed by atoms with van der Waals surface area (Å²) >= 11 is 0. The monoisotopic (exact) mass is 271 g/mol. The van der Waals surface area contributed by atoms with Gasteiger partial charge >= 0.3 is 0 Å². The molecule has 0 aliphatic heterocycles. The summed E-state index contributed by atoms with van der Waals surface area (Å²) in [6.07, 6.45) is 0.256. The molecule has 1 amide bonds. The van der Waals surface area contributed by atoms with Crippen LogP contribution in [0.4, 0.5) is 5.69 Å². The van der Waals surface area contributed by atoms with E-state index in [4.69, 9.17) is 4.74 Å². The topological polar surface area (TPSA) is 58.6 Å². The standard InChI is InChI=1S/C16H17NO3/c1-11-14(7-4-8-15(11)18)17-16(19)10-12-5-3-6-13(9-12)20-2/h3-9,18H,10H2,1-2H3,(H,17,19). The molecule has 0 aromatic heterocycles. The lowest BCUT2D eigenvalue weighted by atomic mass is 10.1. The predicted molar refractivity (Wildman–Crippen MR) is 78.2 cm³/mol. The van der Waals surface area contributed by atoms with E-state index < -0.39 is 0 Å². The van der Waals surface area contributed by atoms with Gasteiger partial charge in [-0.3, -0.25) is 4.79 Å². The zero-order valence-electron chi connectivity index (χ0n) is 11.5. The van der Waals surface area contributed by atoms with E-state index in [1.165, 1.54) is 0 Å². The largest absolute Gasteiger partial charge is 0.508 e. The minimum atomic E-state index is -0.132. The Bertz CT molecular complexity index is 623. The number of benzene rings is 2. The molecular weight excluding hydrogens is 254 g/mol. The second kappa shape index (κ2) is 6.10. The van der Waals surface area contributed by atoms with Gasteiger partial charge in [-0.1, -0.05) is 18.2 Å². The highest BCUT2D eigenvalue weighted by Crippen LogP contribution is 2.24. The van der Waals surface area contributed by atoms with Gasteiger partial charge in [0.2, 0.25) is 5.91 Å². The fourth-order valence-electron chi connectivity index (χ4n) is 1.92. The van der Waals surface area contributed by atoms with Crippen LogP contribution >= 0.6 is 0 Å². The first-order chi connectivity index (χ1) is 9.60. The van der Waals surface area contributed by atoms with E-state index in [1.54, 1.807) is 32.2 Å². The van der Waals surface area contributed by atoms with Crippen molar-refractivity contribution in [1.29, 1.82) is 0 Å². The van der Waals surface area contributed by atoms with Crippen LogP contribution in [-0.2, 0) is 11.2 Å². The number of hydrogen-bond acceptors (Lipinski definition) is 3. The third-order valence-corrected chi connectivity index (χ3v) is 3.08. The van der Waals surface area contributed by atoms with Crippen LogP contribution in [0.15, 0.2) is 42.5 Å². The van der Waals surface area contributed by atoms with Gasteiger partial charge in [0.05, 0.1) is 13.5 Å². The van der Waals surface area contributed by atoms with Gasteiger partial charge in [0, 0.05) is 11.3 Å². The highest BCUT2D eigenvalue weighted by atomic mass is 16.5. The Balaban J connectivity index is 2.07. The second-order valence-electron chi connectivity index (χ2n) is 4.53. The van der Waals surface area contributed by atoms with E-state index >= 15 is 0 Å². The molecule has 2 N–H and O–H groups in total. The quantitative estimate of drug-likeness (QED) is 0.899. The fraction of sp³-hybridized carbons (Fsp3) is 0.188. The second-order valence-corrected chi connectivity index (χ2v) is 4.53. The van der Waals surface area contributed by atoms with E-state index in [2.05, 4.69) is 5.32 Å². The lowest BCUT2D eigenvalue weighted by Gasteiger charge is -2.10. The van der Waals surface area contributed by atoms with E-state index in [-0.39, 0.29) is 18.1 Å². The molecule has 4 heteroatoms. The molecule has 0 aliphatic carbocycles. The minimum Gasteiger partial charge on any atom is -0.508 e. The molecule has 0 bridgehead atoms. The van der Waals surface area contributed by atoms with Crippen LogP contribution in [0.25, 0.3) is 0 Å². The third-order valence-electron chi connectivity index (χ3n) is 3.08. The molecule has 0 fully saturated rings. The van der Waals surface area contributed by atoms with Gasteiger partial charge in [0.1, 0.15) is 11.5 Å². The van der Waals surface area contributed by atoms with Crippen LogP contribution in [-0.4, -0.2) is 18.1 Å². The molecule has 0 saturated heterocycles. The number of carbonyl (C=O) groups is 1. The summed E-state index contributed by atoms with van der Waals surface area (Å²) < 4.78 is 5.12. The average molecular weight is 271 g/mol. The minimum absolute atomic E-state index is 0.132. The van der Waals surface area contributed by atoms with Gasteiger partial charge < -0.3 is 15.2 Å². The maximum absolute atomic E-state index is 12.0. The molecule has 0 saturated carbocycles. The van der Waals surface area contributed by atoms with Gasteiger partial charge in [-0.2, -0.15) is 0 Å². The number of phenols is 1. The zero-order chi connectivity index (χ0) is 14.5. The summed E-state index contributed by atoms with van der Waals surface area (Å²) in [5.41, 5.74) is 2.16. The number of hydrogen-bond donors (Lipinski definition) is 2. The summed E-state index contributed by atoms with van der Waals surface area (Å²) in [5.74, 6) is 0.764. The van der Waals surface area contributed by atoms with Crippen molar-refractivity contribution in [2.75, 3.05) is 12.4 Å². The van der Waals surface area contributed by atoms with Crippen molar-refractivity contribution in [3.63, 3.8) is 0 Å². The average Bonchev–Trinajstić information content (AvgIpc) is 2.44. The molecule has 104 valence electrons. The summed E-state index contributed by atoms with van der Waals surface area (Å²) in [4.78, 5) is 12.0. The van der Waals surface area contributed by atoms with Gasteiger partial charge in [-0.15, -0.1) is 0 Å². The molecule has 0 unspecified atom stereocenters. The van der Waals surface area contributed by atoms with Gasteiger partial charge in [0.15, 0.2) is 0 Å². The Hall–Kier alpha value is -2.49. The first-order valence-electron chi connectivity index (χ1n) is 6.31. The number of carbonyl (C=O) groups excluding carboxylic acids is 1. The molecule has 0 spiro atoms. The Morgan fingerprint density at radius 1 is 1.25 bits per heavy atom. The summed E-state index contributed by atoms with van der Waals surface area (Å²) in [5, 5.41) is 12.4. The van der Waals surface area contributed by atoms with Crippen molar-refractivity contribution in [2.24, 2.45) is 0 Å². The van der Waals surface area contributed by atoms with Crippen molar-refractivity contribution >= 4 is 11.6 Å². The van der Waals surface area contributed by atoms with Crippen LogP contribution < -0.4 is 10.1 Å². The summed E-state index contributed by atoms with van der Waals surface area (Å²) in [6.45, 7) is 1.76. The number of phenolic OH excluding ortho intramolecular Hbond substituents is 1. The normalized spacial score (nSPS) is 10.1. The Labute approximate surface area is 118 Å². The highest BCUT2D eigenvalue weighted by molar-refractivity contribution is 5.93. The number of nitrogens with one attached hydrogen (secondary N) is 1. The SMILES string of the molecule is COc1cccc(CC(=O)Nc2cccc(O)c2C)c1. The highest BCUT2D eigenvalue weighted by Gasteiger charge is 2.08. The van der Waals surface area contributed by atoms with Crippen molar-refractivity contribution < 1.29 is 14.6 Å². The summed E-state index contributed by atoms with van der Waals surface area (Å²) in [7, 11) is 1.59. The first kappa shape index (κ1) is 13.9. The summed E-state index contributed by atoms with van der Waals surface area (Å²) in [6, 6.07) is 12.4. The predicted octanol–water partition coefficient (Wildman–Crippen LogP) is 2.89. The lowest BCUT2D eigenvalue weighted by molar-refractivity contribution is -0.115. The van der Waals surface area contributed by atoms with E-state index in [1.807, 2.05) is 24.3 Å². The van der Waals surface area contributed by atoms with Crippen molar-refractivity contribution in [3.05, 3.63) is 53.6 Å². The number of rotatable bonds is 4. The van der Waals surface area contributed by atoms with Crippen molar-refractivity contribution in [3.8, 4) is 11.5 Å². The number of aromatic hydroxyl groups is 1. The van der Waals surface area contributed by atoms with E-state index in [9.17, 15) is 9.90 Å². The maximum Gasteiger partial charge on any atom is 0.228 e. The first-order valence-corrected chi connectivity index (χ1v) is 6.31. The molecule has 0 heterocycles. The Kier molecular flexibility index (Phi) is 4.25. The van der Waals surface area contributed by atoms with Crippen LogP contribution in [0.1, 0.15) is 11.1 Å². The third kappa shape index (κ3) is 3.29. The van der Waals surface area contributed by atoms with Gasteiger partial charge in [0.25, 0.3) is 0 Å². The number of anilines is 1. The van der Waals surface area contributed by atoms with E-state index in [0.29, 0.717) is 11.3 Å². The maximum atomic E-state index is 12.0. The molecule has 0 atom stereocenters. The van der Waals surface area contributed by atoms with Crippen LogP contribution in [0.3, 0.4) is 0 Å². The van der Waals surface area contributed by atoms with Crippen LogP contribution in [0.2, 0.25) is 0 Å². The van der Waals surface area contributed by atoms with Crippen LogP contribution in [0.5, 0.6) is 11.5 Å². The molecule has 2 rings (SSSR count). The van der Waals surface area contributed by atoms with E-state index in [0.717, 1.165) is 11.3 Å². The Morgan fingerprint density at radius 3 is 2.75 bits per heavy atom. The van der Waals surface area contributed by atoms with Crippen molar-refractivity contribution in [2.45, 2.75) is 13.3 Å². The number of ether oxygens (including phenoxy) is 1. The number of amides is 1. The van der Waals surface area contributed by atoms with Gasteiger partial charge in [-0.05, 0) is 36.8 Å².